The highest BCUT2D eigenvalue weighted by Crippen LogP contribution is 2.86. The predicted octanol–water partition coefficient (Wildman–Crippen LogP) is 1.75. The number of benzene rings is 1. The van der Waals surface area contributed by atoms with E-state index in [1.807, 2.05) is 58.0 Å². The van der Waals surface area contributed by atoms with Crippen LogP contribution in [0.2, 0.25) is 0 Å². The van der Waals surface area contributed by atoms with Crippen LogP contribution in [-0.4, -0.2) is 87.0 Å². The van der Waals surface area contributed by atoms with Crippen molar-refractivity contribution in [3.8, 4) is 0 Å². The van der Waals surface area contributed by atoms with Gasteiger partial charge in [0.05, 0.1) is 23.4 Å². The van der Waals surface area contributed by atoms with Gasteiger partial charge in [0.25, 0.3) is 0 Å². The number of rotatable bonds is 7. The molecule has 0 radical (unpaired) electrons. The van der Waals surface area contributed by atoms with E-state index in [0.29, 0.717) is 12.8 Å². The number of esters is 3. The summed E-state index contributed by atoms with van der Waals surface area (Å²) in [6.45, 7) is 10.4. The number of ether oxygens (including phenoxy) is 6. The van der Waals surface area contributed by atoms with Gasteiger partial charge in [-0.25, -0.2) is 4.79 Å². The molecule has 0 bridgehead atoms. The first-order valence-electron chi connectivity index (χ1n) is 15.8. The molecule has 4 aliphatic heterocycles. The maximum Gasteiger partial charge on any atom is 0.343 e. The van der Waals surface area contributed by atoms with Crippen LogP contribution in [0.1, 0.15) is 66.4 Å². The van der Waals surface area contributed by atoms with Gasteiger partial charge in [-0.05, 0) is 24.3 Å². The van der Waals surface area contributed by atoms with E-state index in [2.05, 4.69) is 0 Å². The van der Waals surface area contributed by atoms with Crippen LogP contribution < -0.4 is 0 Å². The van der Waals surface area contributed by atoms with E-state index in [1.54, 1.807) is 0 Å². The average Bonchev–Trinajstić information content (AvgIpc) is 3.66. The molecule has 2 spiro atoms. The van der Waals surface area contributed by atoms with Crippen LogP contribution in [0.15, 0.2) is 30.3 Å². The number of unbranched alkanes of at least 4 members (excludes halogenated alkanes) is 1. The van der Waals surface area contributed by atoms with Crippen molar-refractivity contribution in [3.63, 3.8) is 0 Å². The fourth-order valence-electron chi connectivity index (χ4n) is 10.4. The second kappa shape index (κ2) is 9.48. The standard InChI is InChI=1S/C33H42O12/c1-7-8-14-29(38)25(40-15-18-12-10-9-11-13-18)30-20(28(4,5)6)19(41-17(3)34)22-31(30)21(35)23-32(39,16(2)24(36)42-23)33(31,26(37)43-22)45-27(30)44-29/h9-13,16,19-23,25,27,35,38-39H,7-8,14-15H2,1-6H3/t16-,19-,20+,21+,22-,23+,25+,27?,29+,30+,31-,32-,33-/m1/s1. The molecule has 246 valence electrons. The first kappa shape index (κ1) is 31.0. The zero-order valence-electron chi connectivity index (χ0n) is 26.3. The molecule has 0 aromatic heterocycles. The predicted molar refractivity (Wildman–Crippen MR) is 151 cm³/mol. The van der Waals surface area contributed by atoms with Crippen LogP contribution in [-0.2, 0) is 49.4 Å². The molecule has 7 rings (SSSR count). The third-order valence-corrected chi connectivity index (χ3v) is 11.6. The van der Waals surface area contributed by atoms with E-state index < -0.39 is 99.8 Å². The van der Waals surface area contributed by atoms with Gasteiger partial charge >= 0.3 is 17.9 Å². The number of hydrogen-bond donors (Lipinski definition) is 3. The maximum absolute atomic E-state index is 14.3. The molecule has 1 aromatic carbocycles. The molecule has 12 heteroatoms. The molecule has 4 saturated heterocycles. The molecule has 3 N–H and O–H groups in total. The zero-order chi connectivity index (χ0) is 32.5. The molecule has 2 saturated carbocycles. The Kier molecular flexibility index (Phi) is 6.53. The zero-order valence-corrected chi connectivity index (χ0v) is 26.3. The van der Waals surface area contributed by atoms with Crippen molar-refractivity contribution >= 4 is 17.9 Å². The van der Waals surface area contributed by atoms with Crippen molar-refractivity contribution in [2.75, 3.05) is 0 Å². The van der Waals surface area contributed by atoms with Crippen LogP contribution in [0.3, 0.4) is 0 Å². The highest BCUT2D eigenvalue weighted by atomic mass is 16.8. The largest absolute Gasteiger partial charge is 0.458 e. The smallest absolute Gasteiger partial charge is 0.343 e. The molecular formula is C33H42O12. The van der Waals surface area contributed by atoms with Gasteiger partial charge < -0.3 is 43.7 Å². The van der Waals surface area contributed by atoms with Gasteiger partial charge in [-0.3, -0.25) is 9.59 Å². The van der Waals surface area contributed by atoms with Crippen molar-refractivity contribution < 1.29 is 58.1 Å². The Morgan fingerprint density at radius 1 is 1.04 bits per heavy atom. The Bertz CT molecular complexity index is 1430. The Morgan fingerprint density at radius 3 is 2.36 bits per heavy atom. The molecule has 6 fully saturated rings. The Morgan fingerprint density at radius 2 is 1.73 bits per heavy atom. The van der Waals surface area contributed by atoms with Crippen LogP contribution in [0.5, 0.6) is 0 Å². The lowest BCUT2D eigenvalue weighted by Crippen LogP contribution is -2.68. The summed E-state index contributed by atoms with van der Waals surface area (Å²) in [5, 5.41) is 37.6. The van der Waals surface area contributed by atoms with Gasteiger partial charge in [0.1, 0.15) is 18.3 Å². The van der Waals surface area contributed by atoms with Gasteiger partial charge in [0, 0.05) is 19.3 Å². The number of carbonyl (C=O) groups is 3. The lowest BCUT2D eigenvalue weighted by atomic mass is 9.50. The topological polar surface area (TPSA) is 167 Å². The van der Waals surface area contributed by atoms with Crippen molar-refractivity contribution in [2.24, 2.45) is 28.1 Å². The molecule has 0 amide bonds. The summed E-state index contributed by atoms with van der Waals surface area (Å²) in [5.41, 5.74) is -8.35. The maximum atomic E-state index is 14.3. The summed E-state index contributed by atoms with van der Waals surface area (Å²) < 4.78 is 37.6. The SMILES string of the molecule is CCCC[C@]1(O)OC2O[C@]34C(=O)O[C@@H]5[C@H](OC(C)=O)[C@@H](C(C)(C)C)[C@@]2([C@H]1OCc1ccccc1)[C@@]53[C@@H](O)[C@@H]1OC(=O)[C@@H](C)[C@@]14O. The van der Waals surface area contributed by atoms with E-state index >= 15 is 0 Å². The summed E-state index contributed by atoms with van der Waals surface area (Å²) in [7, 11) is 0. The van der Waals surface area contributed by atoms with Gasteiger partial charge in [-0.2, -0.15) is 0 Å². The Hall–Kier alpha value is -2.61. The number of aliphatic hydroxyl groups excluding tert-OH is 1. The first-order valence-corrected chi connectivity index (χ1v) is 15.8. The van der Waals surface area contributed by atoms with Crippen molar-refractivity contribution in [1.82, 2.24) is 0 Å². The van der Waals surface area contributed by atoms with E-state index in [-0.39, 0.29) is 13.0 Å². The number of aliphatic hydroxyl groups is 3. The molecule has 1 unspecified atom stereocenters. The molecule has 2 aliphatic carbocycles. The first-order chi connectivity index (χ1) is 21.1. The third-order valence-electron chi connectivity index (χ3n) is 11.6. The third kappa shape index (κ3) is 3.26. The lowest BCUT2D eigenvalue weighted by molar-refractivity contribution is -0.306. The van der Waals surface area contributed by atoms with Gasteiger partial charge in [-0.15, -0.1) is 0 Å². The second-order valence-electron chi connectivity index (χ2n) is 14.8. The molecule has 12 nitrogen and oxygen atoms in total. The summed E-state index contributed by atoms with van der Waals surface area (Å²) in [6.07, 6.45) is -7.22. The van der Waals surface area contributed by atoms with Crippen molar-refractivity contribution in [2.45, 2.75) is 121 Å². The molecule has 45 heavy (non-hydrogen) atoms. The van der Waals surface area contributed by atoms with Gasteiger partial charge in [0.2, 0.25) is 5.60 Å². The summed E-state index contributed by atoms with van der Waals surface area (Å²) >= 11 is 0. The van der Waals surface area contributed by atoms with E-state index in [1.165, 1.54) is 13.8 Å². The number of fused-ring (bicyclic) bond motifs is 1. The summed E-state index contributed by atoms with van der Waals surface area (Å²) in [5.74, 6) is -6.59. The minimum absolute atomic E-state index is 0.0184. The fraction of sp³-hybridized carbons (Fsp3) is 0.727. The van der Waals surface area contributed by atoms with Crippen molar-refractivity contribution in [3.05, 3.63) is 35.9 Å². The number of hydrogen-bond acceptors (Lipinski definition) is 12. The Balaban J connectivity index is 1.54. The van der Waals surface area contributed by atoms with E-state index in [4.69, 9.17) is 28.4 Å². The minimum Gasteiger partial charge on any atom is -0.458 e. The van der Waals surface area contributed by atoms with Gasteiger partial charge in [-0.1, -0.05) is 64.4 Å². The normalized spacial score (nSPS) is 48.9. The summed E-state index contributed by atoms with van der Waals surface area (Å²) in [6, 6.07) is 9.31. The summed E-state index contributed by atoms with van der Waals surface area (Å²) in [4.78, 5) is 40.0. The van der Waals surface area contributed by atoms with Crippen LogP contribution in [0.4, 0.5) is 0 Å². The average molecular weight is 631 g/mol. The Labute approximate surface area is 261 Å². The molecule has 13 atom stereocenters. The van der Waals surface area contributed by atoms with Crippen LogP contribution in [0, 0.1) is 28.1 Å². The quantitative estimate of drug-likeness (QED) is 0.295. The molecule has 6 aliphatic rings. The molecule has 4 heterocycles. The van der Waals surface area contributed by atoms with Gasteiger partial charge in [0.15, 0.2) is 29.9 Å². The van der Waals surface area contributed by atoms with Crippen LogP contribution >= 0.6 is 0 Å². The number of carbonyl (C=O) groups excluding carboxylic acids is 3. The minimum atomic E-state index is -2.39. The monoisotopic (exact) mass is 630 g/mol. The molecular weight excluding hydrogens is 588 g/mol. The van der Waals surface area contributed by atoms with Crippen molar-refractivity contribution in [1.29, 1.82) is 0 Å². The molecule has 1 aromatic rings. The lowest BCUT2D eigenvalue weighted by Gasteiger charge is -2.51. The van der Waals surface area contributed by atoms with E-state index in [9.17, 15) is 29.7 Å². The highest BCUT2D eigenvalue weighted by molar-refractivity contribution is 5.93. The van der Waals surface area contributed by atoms with E-state index in [0.717, 1.165) is 5.56 Å². The fourth-order valence-corrected chi connectivity index (χ4v) is 10.4. The highest BCUT2D eigenvalue weighted by Gasteiger charge is 3.05. The second-order valence-corrected chi connectivity index (χ2v) is 14.8. The van der Waals surface area contributed by atoms with Crippen LogP contribution in [0.25, 0.3) is 0 Å².